The number of piperidine rings is 1. The number of aliphatic imine (C=N–C) groups is 1. The summed E-state index contributed by atoms with van der Waals surface area (Å²) in [6, 6.07) is 19.6. The second-order valence-corrected chi connectivity index (χ2v) is 8.57. The van der Waals surface area contributed by atoms with Crippen LogP contribution in [0.3, 0.4) is 0 Å². The highest BCUT2D eigenvalue weighted by molar-refractivity contribution is 6.15. The van der Waals surface area contributed by atoms with Gasteiger partial charge in [0.25, 0.3) is 0 Å². The molecule has 0 unspecified atom stereocenters. The molecule has 4 heteroatoms. The van der Waals surface area contributed by atoms with Gasteiger partial charge in [-0.15, -0.1) is 0 Å². The number of fused-ring (bicyclic) bond motifs is 2. The lowest BCUT2D eigenvalue weighted by Gasteiger charge is -2.49. The molecule has 1 spiro atoms. The van der Waals surface area contributed by atoms with Crippen molar-refractivity contribution in [2.24, 2.45) is 10.9 Å². The van der Waals surface area contributed by atoms with Gasteiger partial charge in [-0.2, -0.15) is 0 Å². The fourth-order valence-electron chi connectivity index (χ4n) is 6.09. The summed E-state index contributed by atoms with van der Waals surface area (Å²) in [5.74, 6) is 0.450. The molecule has 6 rings (SSSR count). The van der Waals surface area contributed by atoms with Gasteiger partial charge in [0.05, 0.1) is 22.5 Å². The molecule has 1 saturated carbocycles. The SMILES string of the molecule is C/C=C1/CN2CC[C@@]34C(=Nc5ccccc53)/C(=C\NNc3ccccc3)[C@H]1C[C@H]24. The van der Waals surface area contributed by atoms with Gasteiger partial charge in [0.1, 0.15) is 0 Å². The van der Waals surface area contributed by atoms with Crippen molar-refractivity contribution >= 4 is 17.1 Å². The van der Waals surface area contributed by atoms with Crippen LogP contribution < -0.4 is 10.9 Å². The van der Waals surface area contributed by atoms with Crippen LogP contribution in [0, 0.1) is 5.92 Å². The summed E-state index contributed by atoms with van der Waals surface area (Å²) in [6.45, 7) is 4.43. The predicted molar refractivity (Wildman–Crippen MR) is 118 cm³/mol. The Kier molecular flexibility index (Phi) is 3.72. The quantitative estimate of drug-likeness (QED) is 0.604. The number of nitrogens with one attached hydrogen (secondary N) is 2. The molecule has 4 aliphatic rings. The van der Waals surface area contributed by atoms with Crippen LogP contribution in [-0.4, -0.2) is 29.7 Å². The van der Waals surface area contributed by atoms with Crippen molar-refractivity contribution in [3.63, 3.8) is 0 Å². The summed E-state index contributed by atoms with van der Waals surface area (Å²) in [5.41, 5.74) is 14.6. The number of hydrazine groups is 1. The van der Waals surface area contributed by atoms with E-state index in [1.165, 1.54) is 41.0 Å². The largest absolute Gasteiger partial charge is 0.308 e. The van der Waals surface area contributed by atoms with Crippen molar-refractivity contribution in [2.75, 3.05) is 18.5 Å². The van der Waals surface area contributed by atoms with Gasteiger partial charge in [-0.1, -0.05) is 48.0 Å². The highest BCUT2D eigenvalue weighted by atomic mass is 15.3. The molecule has 2 aromatic rings. The van der Waals surface area contributed by atoms with Gasteiger partial charge in [-0.05, 0) is 49.1 Å². The summed E-state index contributed by atoms with van der Waals surface area (Å²) < 4.78 is 0. The number of para-hydroxylation sites is 2. The number of anilines is 1. The van der Waals surface area contributed by atoms with E-state index in [0.29, 0.717) is 12.0 Å². The Morgan fingerprint density at radius 2 is 1.93 bits per heavy atom. The number of benzene rings is 2. The molecule has 2 saturated heterocycles. The van der Waals surface area contributed by atoms with Gasteiger partial charge < -0.3 is 10.9 Å². The zero-order valence-corrected chi connectivity index (χ0v) is 16.7. The minimum Gasteiger partial charge on any atom is -0.308 e. The zero-order valence-electron chi connectivity index (χ0n) is 16.7. The van der Waals surface area contributed by atoms with E-state index in [2.05, 4.69) is 71.3 Å². The minimum atomic E-state index is 0.0621. The van der Waals surface area contributed by atoms with Crippen molar-refractivity contribution in [1.29, 1.82) is 0 Å². The standard InChI is InChI=1S/C25H26N4/c1-2-17-16-29-13-12-25-21-10-6-7-11-22(21)27-24(25)20(19(17)14-23(25)29)15-26-28-18-8-4-3-5-9-18/h2-11,15,19,23,26,28H,12-14,16H2,1H3/b17-2-,20-15-/t19-,23-,25+/m0/s1. The zero-order chi connectivity index (χ0) is 19.4. The van der Waals surface area contributed by atoms with E-state index in [4.69, 9.17) is 4.99 Å². The molecule has 3 aliphatic heterocycles. The van der Waals surface area contributed by atoms with Crippen molar-refractivity contribution in [1.82, 2.24) is 10.3 Å². The molecule has 2 aromatic carbocycles. The van der Waals surface area contributed by atoms with Crippen LogP contribution in [0.4, 0.5) is 11.4 Å². The van der Waals surface area contributed by atoms with Gasteiger partial charge >= 0.3 is 0 Å². The van der Waals surface area contributed by atoms with E-state index in [1.54, 1.807) is 0 Å². The lowest BCUT2D eigenvalue weighted by Crippen LogP contribution is -2.56. The molecule has 0 amide bonds. The van der Waals surface area contributed by atoms with Crippen LogP contribution in [0.15, 0.2) is 83.0 Å². The molecule has 0 radical (unpaired) electrons. The molecule has 2 bridgehead atoms. The van der Waals surface area contributed by atoms with E-state index in [0.717, 1.165) is 18.8 Å². The van der Waals surface area contributed by atoms with E-state index in [-0.39, 0.29) is 5.41 Å². The van der Waals surface area contributed by atoms with Crippen molar-refractivity contribution < 1.29 is 0 Å². The highest BCUT2D eigenvalue weighted by Crippen LogP contribution is 2.59. The third-order valence-electron chi connectivity index (χ3n) is 7.37. The average Bonchev–Trinajstić information content (AvgIpc) is 3.32. The van der Waals surface area contributed by atoms with Gasteiger partial charge in [0.2, 0.25) is 0 Å². The maximum absolute atomic E-state index is 5.23. The second-order valence-electron chi connectivity index (χ2n) is 8.57. The van der Waals surface area contributed by atoms with Crippen molar-refractivity contribution in [2.45, 2.75) is 31.2 Å². The monoisotopic (exact) mass is 382 g/mol. The number of allylic oxidation sites excluding steroid dienone is 2. The van der Waals surface area contributed by atoms with E-state index in [9.17, 15) is 0 Å². The molecule has 1 aliphatic carbocycles. The first-order valence-electron chi connectivity index (χ1n) is 10.7. The molecule has 29 heavy (non-hydrogen) atoms. The Labute approximate surface area is 172 Å². The number of hydrogen-bond donors (Lipinski definition) is 2. The predicted octanol–water partition coefficient (Wildman–Crippen LogP) is 4.57. The van der Waals surface area contributed by atoms with Gasteiger partial charge in [-0.25, -0.2) is 0 Å². The third kappa shape index (κ3) is 2.32. The van der Waals surface area contributed by atoms with E-state index >= 15 is 0 Å². The normalized spacial score (nSPS) is 32.1. The van der Waals surface area contributed by atoms with Crippen LogP contribution in [0.5, 0.6) is 0 Å². The van der Waals surface area contributed by atoms with Crippen LogP contribution in [0.25, 0.3) is 0 Å². The number of nitrogens with zero attached hydrogens (tertiary/aromatic N) is 2. The Bertz CT molecular complexity index is 1050. The van der Waals surface area contributed by atoms with Crippen molar-refractivity contribution in [3.05, 3.63) is 83.6 Å². The number of hydrogen-bond acceptors (Lipinski definition) is 4. The molecular formula is C25H26N4. The van der Waals surface area contributed by atoms with Crippen molar-refractivity contribution in [3.8, 4) is 0 Å². The van der Waals surface area contributed by atoms with Gasteiger partial charge in [0, 0.05) is 31.2 Å². The second kappa shape index (κ2) is 6.33. The maximum Gasteiger partial charge on any atom is 0.0675 e. The molecule has 2 N–H and O–H groups in total. The minimum absolute atomic E-state index is 0.0621. The van der Waals surface area contributed by atoms with Crippen LogP contribution in [0.1, 0.15) is 25.3 Å². The van der Waals surface area contributed by atoms with E-state index in [1.807, 2.05) is 18.2 Å². The van der Waals surface area contributed by atoms with Gasteiger partial charge in [-0.3, -0.25) is 9.89 Å². The summed E-state index contributed by atoms with van der Waals surface area (Å²) in [6.07, 6.45) is 6.86. The fourth-order valence-corrected chi connectivity index (χ4v) is 6.09. The third-order valence-corrected chi connectivity index (χ3v) is 7.37. The molecule has 4 nitrogen and oxygen atoms in total. The lowest BCUT2D eigenvalue weighted by molar-refractivity contribution is 0.179. The Morgan fingerprint density at radius 1 is 1.10 bits per heavy atom. The van der Waals surface area contributed by atoms with Crippen LogP contribution >= 0.6 is 0 Å². The Hall–Kier alpha value is -2.85. The Morgan fingerprint density at radius 3 is 2.79 bits per heavy atom. The first-order valence-corrected chi connectivity index (χ1v) is 10.7. The summed E-state index contributed by atoms with van der Waals surface area (Å²) in [5, 5.41) is 0. The van der Waals surface area contributed by atoms with E-state index < -0.39 is 0 Å². The van der Waals surface area contributed by atoms with Crippen LogP contribution in [-0.2, 0) is 5.41 Å². The number of rotatable bonds is 3. The summed E-state index contributed by atoms with van der Waals surface area (Å²) >= 11 is 0. The maximum atomic E-state index is 5.23. The van der Waals surface area contributed by atoms with Crippen LogP contribution in [0.2, 0.25) is 0 Å². The first kappa shape index (κ1) is 17.0. The molecular weight excluding hydrogens is 356 g/mol. The molecule has 146 valence electrons. The van der Waals surface area contributed by atoms with Gasteiger partial charge in [0.15, 0.2) is 0 Å². The lowest BCUT2D eigenvalue weighted by atomic mass is 9.59. The topological polar surface area (TPSA) is 39.7 Å². The average molecular weight is 383 g/mol. The highest BCUT2D eigenvalue weighted by Gasteiger charge is 2.61. The fraction of sp³-hybridized carbons (Fsp3) is 0.320. The Balaban J connectivity index is 1.44. The summed E-state index contributed by atoms with van der Waals surface area (Å²) in [4.78, 5) is 7.93. The summed E-state index contributed by atoms with van der Waals surface area (Å²) in [7, 11) is 0. The first-order chi connectivity index (χ1) is 14.3. The molecule has 0 aromatic heterocycles. The molecule has 3 heterocycles. The smallest absolute Gasteiger partial charge is 0.0675 e. The molecule has 3 atom stereocenters. The molecule has 3 fully saturated rings.